The van der Waals surface area contributed by atoms with Crippen LogP contribution < -0.4 is 16.0 Å². The molecule has 0 aromatic heterocycles. The van der Waals surface area contributed by atoms with Gasteiger partial charge in [0, 0.05) is 36.8 Å². The minimum absolute atomic E-state index is 0.0863. The zero-order valence-electron chi connectivity index (χ0n) is 26.8. The number of likely N-dealkylation sites (tertiary alicyclic amines) is 1. The van der Waals surface area contributed by atoms with E-state index in [9.17, 15) is 18.0 Å². The van der Waals surface area contributed by atoms with Crippen LogP contribution in [0.5, 0.6) is 0 Å². The summed E-state index contributed by atoms with van der Waals surface area (Å²) >= 11 is 0. The normalized spacial score (nSPS) is 21.8. The van der Waals surface area contributed by atoms with E-state index in [1.54, 1.807) is 6.92 Å². The molecule has 0 spiro atoms. The maximum Gasteiger partial charge on any atom is 0.248 e. The minimum Gasteiger partial charge on any atom is -0.401 e. The van der Waals surface area contributed by atoms with Crippen molar-refractivity contribution in [2.24, 2.45) is 5.73 Å². The summed E-state index contributed by atoms with van der Waals surface area (Å²) in [5.74, 6) is -2.71. The second-order valence-corrected chi connectivity index (χ2v) is 13.4. The molecular weight excluding hydrogens is 561 g/mol. The Hall–Kier alpha value is -3.42. The number of carbonyl (C=O) groups is 1. The summed E-state index contributed by atoms with van der Waals surface area (Å²) in [7, 11) is 0. The number of nitrogens with zero attached hydrogens (tertiary/aromatic N) is 2. The largest absolute Gasteiger partial charge is 0.401 e. The van der Waals surface area contributed by atoms with E-state index in [0.717, 1.165) is 55.7 Å². The smallest absolute Gasteiger partial charge is 0.248 e. The lowest BCUT2D eigenvalue weighted by molar-refractivity contribution is -0.123. The van der Waals surface area contributed by atoms with Crippen molar-refractivity contribution in [3.63, 3.8) is 0 Å². The molecule has 1 amide bonds. The molecule has 1 aromatic rings. The average Bonchev–Trinajstić information content (AvgIpc) is 3.43. The fourth-order valence-corrected chi connectivity index (χ4v) is 6.38. The summed E-state index contributed by atoms with van der Waals surface area (Å²) < 4.78 is 42.9. The van der Waals surface area contributed by atoms with Crippen LogP contribution in [0.2, 0.25) is 0 Å². The second-order valence-electron chi connectivity index (χ2n) is 13.4. The lowest BCUT2D eigenvalue weighted by Crippen LogP contribution is -2.54. The topological polar surface area (TPSA) is 61.6 Å². The Bertz CT molecular complexity index is 1310. The van der Waals surface area contributed by atoms with Crippen LogP contribution in [0.1, 0.15) is 91.0 Å². The molecule has 5 nitrogen and oxygen atoms in total. The van der Waals surface area contributed by atoms with Crippen molar-refractivity contribution >= 4 is 11.6 Å². The highest BCUT2D eigenvalue weighted by atomic mass is 19.3. The van der Waals surface area contributed by atoms with Gasteiger partial charge in [-0.3, -0.25) is 4.79 Å². The van der Waals surface area contributed by atoms with Crippen LogP contribution >= 0.6 is 0 Å². The number of anilines is 1. The zero-order chi connectivity index (χ0) is 32.2. The summed E-state index contributed by atoms with van der Waals surface area (Å²) in [5, 5.41) is 3.08. The van der Waals surface area contributed by atoms with Gasteiger partial charge >= 0.3 is 0 Å². The molecule has 1 aromatic carbocycles. The van der Waals surface area contributed by atoms with Gasteiger partial charge in [0.2, 0.25) is 11.8 Å². The van der Waals surface area contributed by atoms with Crippen LogP contribution in [0.3, 0.4) is 0 Å². The number of nitrogens with one attached hydrogen (secondary N) is 1. The van der Waals surface area contributed by atoms with Gasteiger partial charge in [0.1, 0.15) is 17.7 Å². The van der Waals surface area contributed by atoms with E-state index in [-0.39, 0.29) is 43.0 Å². The summed E-state index contributed by atoms with van der Waals surface area (Å²) in [6, 6.07) is 6.62. The second kappa shape index (κ2) is 13.7. The Kier molecular flexibility index (Phi) is 10.4. The van der Waals surface area contributed by atoms with Gasteiger partial charge in [0.15, 0.2) is 0 Å². The Morgan fingerprint density at radius 2 is 1.77 bits per heavy atom. The van der Waals surface area contributed by atoms with Crippen molar-refractivity contribution in [1.29, 1.82) is 0 Å². The zero-order valence-corrected chi connectivity index (χ0v) is 26.8. The van der Waals surface area contributed by atoms with Crippen molar-refractivity contribution in [3.8, 4) is 0 Å². The Morgan fingerprint density at radius 3 is 2.27 bits per heavy atom. The molecular formula is C36H49F3N4O. The number of benzene rings is 1. The predicted molar refractivity (Wildman–Crippen MR) is 174 cm³/mol. The highest BCUT2D eigenvalue weighted by molar-refractivity contribution is 5.91. The monoisotopic (exact) mass is 610 g/mol. The molecule has 2 saturated carbocycles. The van der Waals surface area contributed by atoms with E-state index in [1.165, 1.54) is 23.8 Å². The first kappa shape index (κ1) is 33.5. The number of rotatable bonds is 10. The molecule has 3 N–H and O–H groups in total. The predicted octanol–water partition coefficient (Wildman–Crippen LogP) is 8.17. The highest BCUT2D eigenvalue weighted by Gasteiger charge is 2.41. The molecule has 3 aliphatic rings. The maximum absolute atomic E-state index is 14.9. The van der Waals surface area contributed by atoms with E-state index >= 15 is 0 Å². The SMILES string of the molecule is C=C/C(=C\C(F)=C/C)C(C(=O)NC1CCC(F)(F)CC1)N(C(=C1CCC1)N1CCCC1C(=C)N)c1ccc(C(C)(C)C)cc1. The summed E-state index contributed by atoms with van der Waals surface area (Å²) in [4.78, 5) is 18.8. The van der Waals surface area contributed by atoms with Crippen LogP contribution in [0.25, 0.3) is 0 Å². The number of alkyl halides is 2. The van der Waals surface area contributed by atoms with Gasteiger partial charge in [-0.25, -0.2) is 13.2 Å². The first-order valence-electron chi connectivity index (χ1n) is 15.9. The van der Waals surface area contributed by atoms with Gasteiger partial charge in [-0.1, -0.05) is 58.2 Å². The van der Waals surface area contributed by atoms with Gasteiger partial charge in [-0.05, 0) is 92.2 Å². The standard InChI is InChI=1S/C36H49F3N4O/c1-7-25(23-28(37)8-2)32(33(44)41-29-18-20-36(38,39)21-19-29)43(30-16-14-27(15-17-30)35(4,5)6)34(26-11-9-12-26)42-22-10-13-31(42)24(3)40/h7-8,14-17,23,29,31-32H,1,3,9-13,18-22,40H2,2,4-6H3,(H,41,44)/b25-23+,28-8+. The highest BCUT2D eigenvalue weighted by Crippen LogP contribution is 2.41. The van der Waals surface area contributed by atoms with E-state index in [1.807, 2.05) is 17.0 Å². The van der Waals surface area contributed by atoms with Gasteiger partial charge in [-0.2, -0.15) is 0 Å². The van der Waals surface area contributed by atoms with Gasteiger partial charge < -0.3 is 20.9 Å². The van der Waals surface area contributed by atoms with Crippen molar-refractivity contribution < 1.29 is 18.0 Å². The number of nitrogens with two attached hydrogens (primary N) is 1. The van der Waals surface area contributed by atoms with Crippen molar-refractivity contribution in [3.05, 3.63) is 89.7 Å². The van der Waals surface area contributed by atoms with Gasteiger partial charge in [0.25, 0.3) is 0 Å². The molecule has 4 rings (SSSR count). The Morgan fingerprint density at radius 1 is 1.14 bits per heavy atom. The van der Waals surface area contributed by atoms with E-state index < -0.39 is 23.8 Å². The third kappa shape index (κ3) is 7.62. The minimum atomic E-state index is -2.72. The third-order valence-corrected chi connectivity index (χ3v) is 9.17. The first-order chi connectivity index (χ1) is 20.8. The maximum atomic E-state index is 14.9. The molecule has 8 heteroatoms. The average molecular weight is 611 g/mol. The molecule has 3 fully saturated rings. The van der Waals surface area contributed by atoms with Gasteiger partial charge in [-0.15, -0.1) is 0 Å². The number of amides is 1. The number of halogens is 3. The van der Waals surface area contributed by atoms with Crippen molar-refractivity contribution in [1.82, 2.24) is 10.2 Å². The molecule has 1 saturated heterocycles. The first-order valence-corrected chi connectivity index (χ1v) is 15.9. The Balaban J connectivity index is 1.91. The summed E-state index contributed by atoms with van der Waals surface area (Å²) in [6.45, 7) is 16.8. The third-order valence-electron chi connectivity index (χ3n) is 9.17. The van der Waals surface area contributed by atoms with Crippen molar-refractivity contribution in [2.45, 2.75) is 115 Å². The molecule has 44 heavy (non-hydrogen) atoms. The van der Waals surface area contributed by atoms with Crippen LogP contribution in [-0.4, -0.2) is 41.4 Å². The molecule has 0 radical (unpaired) electrons. The summed E-state index contributed by atoms with van der Waals surface area (Å²) in [6.07, 6.45) is 8.53. The van der Waals surface area contributed by atoms with Gasteiger partial charge in [0.05, 0.1) is 6.04 Å². The van der Waals surface area contributed by atoms with Crippen LogP contribution in [0.4, 0.5) is 18.9 Å². The lowest BCUT2D eigenvalue weighted by Gasteiger charge is -2.44. The quantitative estimate of drug-likeness (QED) is 0.263. The number of hydrogen-bond donors (Lipinski definition) is 2. The fourth-order valence-electron chi connectivity index (χ4n) is 6.38. The molecule has 0 bridgehead atoms. The van der Waals surface area contributed by atoms with E-state index in [2.05, 4.69) is 56.3 Å². The molecule has 2 atom stereocenters. The van der Waals surface area contributed by atoms with Crippen molar-refractivity contribution in [2.75, 3.05) is 11.4 Å². The van der Waals surface area contributed by atoms with E-state index in [4.69, 9.17) is 5.73 Å². The van der Waals surface area contributed by atoms with Crippen LogP contribution in [0, 0.1) is 0 Å². The number of hydrogen-bond acceptors (Lipinski definition) is 4. The molecule has 240 valence electrons. The number of allylic oxidation sites excluding steroid dienone is 4. The molecule has 1 heterocycles. The number of carbonyl (C=O) groups excluding carboxylic acids is 1. The summed E-state index contributed by atoms with van der Waals surface area (Å²) in [5.41, 5.74) is 10.3. The van der Waals surface area contributed by atoms with Crippen LogP contribution in [-0.2, 0) is 10.2 Å². The van der Waals surface area contributed by atoms with E-state index in [0.29, 0.717) is 11.3 Å². The molecule has 1 aliphatic heterocycles. The molecule has 2 unspecified atom stereocenters. The Labute approximate surface area is 261 Å². The van der Waals surface area contributed by atoms with Crippen LogP contribution in [0.15, 0.2) is 84.1 Å². The lowest BCUT2D eigenvalue weighted by atomic mass is 9.86. The molecule has 2 aliphatic carbocycles. The fraction of sp³-hybridized carbons (Fsp3) is 0.528.